The molecule has 9 heteroatoms. The molecule has 0 unspecified atom stereocenters. The molecule has 0 aliphatic rings. The first-order chi connectivity index (χ1) is 8.98. The van der Waals surface area contributed by atoms with E-state index in [2.05, 4.69) is 4.72 Å². The summed E-state index contributed by atoms with van der Waals surface area (Å²) in [7, 11) is -6.17. The van der Waals surface area contributed by atoms with Gasteiger partial charge in [0.15, 0.2) is 0 Å². The lowest BCUT2D eigenvalue weighted by molar-refractivity contribution is -0.0357. The summed E-state index contributed by atoms with van der Waals surface area (Å²) in [6, 6.07) is 4.80. The summed E-state index contributed by atoms with van der Waals surface area (Å²) < 4.78 is 49.0. The SMILES string of the molecule is CNS(=O)(=O)c1ccc(S(=O)(=O)NOC(C)(C)C)cc1. The molecule has 1 aromatic rings. The van der Waals surface area contributed by atoms with Crippen LogP contribution in [-0.4, -0.2) is 29.5 Å². The topological polar surface area (TPSA) is 102 Å². The molecule has 2 N–H and O–H groups in total. The number of hydrogen-bond donors (Lipinski definition) is 2. The highest BCUT2D eigenvalue weighted by atomic mass is 32.2. The van der Waals surface area contributed by atoms with Crippen molar-refractivity contribution >= 4 is 20.0 Å². The Morgan fingerprint density at radius 2 is 1.30 bits per heavy atom. The van der Waals surface area contributed by atoms with Crippen molar-refractivity contribution in [3.05, 3.63) is 24.3 Å². The molecule has 7 nitrogen and oxygen atoms in total. The van der Waals surface area contributed by atoms with Crippen LogP contribution in [0.15, 0.2) is 34.1 Å². The number of sulfonamides is 2. The second-order valence-corrected chi connectivity index (χ2v) is 8.51. The zero-order valence-corrected chi connectivity index (χ0v) is 13.3. The summed E-state index contributed by atoms with van der Waals surface area (Å²) in [6.07, 6.45) is 0. The second kappa shape index (κ2) is 5.78. The predicted octanol–water partition coefficient (Wildman–Crippen LogP) is 0.603. The van der Waals surface area contributed by atoms with Crippen LogP contribution in [0.5, 0.6) is 0 Å². The van der Waals surface area contributed by atoms with Crippen LogP contribution < -0.4 is 9.61 Å². The standard InChI is InChI=1S/C11H18N2O5S2/c1-11(2,3)18-13-20(16,17)10-7-5-9(6-8-10)19(14,15)12-4/h5-8,12-13H,1-4H3. The van der Waals surface area contributed by atoms with Gasteiger partial charge >= 0.3 is 0 Å². The lowest BCUT2D eigenvalue weighted by Gasteiger charge is -2.19. The van der Waals surface area contributed by atoms with Crippen LogP contribution in [0, 0.1) is 0 Å². The number of rotatable bonds is 5. The highest BCUT2D eigenvalue weighted by molar-refractivity contribution is 7.89. The van der Waals surface area contributed by atoms with Gasteiger partial charge in [-0.15, -0.1) is 0 Å². The molecule has 1 rings (SSSR count). The smallest absolute Gasteiger partial charge is 0.262 e. The van der Waals surface area contributed by atoms with E-state index in [0.717, 1.165) is 0 Å². The fraction of sp³-hybridized carbons (Fsp3) is 0.455. The highest BCUT2D eigenvalue weighted by Gasteiger charge is 2.20. The lowest BCUT2D eigenvalue weighted by atomic mass is 10.2. The fourth-order valence-corrected chi connectivity index (χ4v) is 2.82. The molecule has 0 saturated carbocycles. The first kappa shape index (κ1) is 17.1. The van der Waals surface area contributed by atoms with Crippen molar-refractivity contribution in [2.75, 3.05) is 7.05 Å². The van der Waals surface area contributed by atoms with E-state index in [1.165, 1.54) is 31.3 Å². The monoisotopic (exact) mass is 322 g/mol. The fourth-order valence-electron chi connectivity index (χ4n) is 1.14. The van der Waals surface area contributed by atoms with E-state index in [1.54, 1.807) is 20.8 Å². The summed E-state index contributed by atoms with van der Waals surface area (Å²) in [6.45, 7) is 5.08. The molecule has 0 heterocycles. The molecule has 0 aliphatic carbocycles. The van der Waals surface area contributed by atoms with E-state index in [0.29, 0.717) is 0 Å². The van der Waals surface area contributed by atoms with E-state index in [9.17, 15) is 16.8 Å². The first-order valence-corrected chi connectivity index (χ1v) is 8.68. The average molecular weight is 322 g/mol. The molecule has 0 aliphatic heterocycles. The van der Waals surface area contributed by atoms with Crippen LogP contribution in [0.4, 0.5) is 0 Å². The molecule has 114 valence electrons. The average Bonchev–Trinajstić information content (AvgIpc) is 2.36. The molecule has 0 amide bonds. The van der Waals surface area contributed by atoms with Crippen LogP contribution in [0.2, 0.25) is 0 Å². The van der Waals surface area contributed by atoms with E-state index in [-0.39, 0.29) is 9.79 Å². The molecule has 0 radical (unpaired) electrons. The largest absolute Gasteiger partial charge is 0.281 e. The maximum atomic E-state index is 11.9. The molecule has 0 spiro atoms. The van der Waals surface area contributed by atoms with Crippen LogP contribution in [-0.2, 0) is 24.9 Å². The maximum Gasteiger partial charge on any atom is 0.262 e. The Kier molecular flexibility index (Phi) is 4.93. The molecule has 0 saturated heterocycles. The quantitative estimate of drug-likeness (QED) is 0.773. The van der Waals surface area contributed by atoms with Gasteiger partial charge in [0.1, 0.15) is 0 Å². The number of nitrogens with one attached hydrogen (secondary N) is 2. The van der Waals surface area contributed by atoms with Gasteiger partial charge in [-0.05, 0) is 52.1 Å². The van der Waals surface area contributed by atoms with Crippen molar-refractivity contribution < 1.29 is 21.7 Å². The van der Waals surface area contributed by atoms with Gasteiger partial charge in [0, 0.05) is 0 Å². The van der Waals surface area contributed by atoms with E-state index in [1.807, 2.05) is 4.89 Å². The van der Waals surface area contributed by atoms with Crippen LogP contribution in [0.1, 0.15) is 20.8 Å². The van der Waals surface area contributed by atoms with Crippen LogP contribution in [0.25, 0.3) is 0 Å². The zero-order chi connectivity index (χ0) is 15.6. The molecular formula is C11H18N2O5S2. The van der Waals surface area contributed by atoms with Crippen LogP contribution >= 0.6 is 0 Å². The molecule has 0 atom stereocenters. The highest BCUT2D eigenvalue weighted by Crippen LogP contribution is 2.15. The Balaban J connectivity index is 2.99. The second-order valence-electron chi connectivity index (χ2n) is 4.98. The normalized spacial score (nSPS) is 13.4. The molecule has 0 aromatic heterocycles. The van der Waals surface area contributed by atoms with E-state index >= 15 is 0 Å². The third-order valence-corrected chi connectivity index (χ3v) is 4.80. The predicted molar refractivity (Wildman–Crippen MR) is 73.8 cm³/mol. The van der Waals surface area contributed by atoms with Gasteiger partial charge in [-0.3, -0.25) is 4.84 Å². The van der Waals surface area contributed by atoms with Gasteiger partial charge in [-0.25, -0.2) is 21.6 Å². The van der Waals surface area contributed by atoms with Gasteiger partial charge in [0.2, 0.25) is 10.0 Å². The minimum absolute atomic E-state index is 0.0179. The maximum absolute atomic E-state index is 11.9. The van der Waals surface area contributed by atoms with Gasteiger partial charge in [-0.1, -0.05) is 4.89 Å². The Morgan fingerprint density at radius 1 is 0.900 bits per heavy atom. The molecule has 0 fully saturated rings. The molecule has 1 aromatic carbocycles. The molecule has 0 bridgehead atoms. The Morgan fingerprint density at radius 3 is 1.65 bits per heavy atom. The number of benzene rings is 1. The van der Waals surface area contributed by atoms with Gasteiger partial charge in [-0.2, -0.15) is 0 Å². The summed E-state index contributed by atoms with van der Waals surface area (Å²) in [5, 5.41) is 0. The van der Waals surface area contributed by atoms with Gasteiger partial charge < -0.3 is 0 Å². The zero-order valence-electron chi connectivity index (χ0n) is 11.7. The summed E-state index contributed by atoms with van der Waals surface area (Å²) >= 11 is 0. The van der Waals surface area contributed by atoms with Crippen molar-refractivity contribution in [3.8, 4) is 0 Å². The van der Waals surface area contributed by atoms with Crippen molar-refractivity contribution in [1.82, 2.24) is 9.61 Å². The van der Waals surface area contributed by atoms with Crippen molar-refractivity contribution in [3.63, 3.8) is 0 Å². The van der Waals surface area contributed by atoms with Gasteiger partial charge in [0.25, 0.3) is 10.0 Å². The van der Waals surface area contributed by atoms with Crippen molar-refractivity contribution in [2.24, 2.45) is 0 Å². The third kappa shape index (κ3) is 4.53. The minimum Gasteiger partial charge on any atom is -0.281 e. The third-order valence-electron chi connectivity index (χ3n) is 2.17. The minimum atomic E-state index is -3.85. The lowest BCUT2D eigenvalue weighted by Crippen LogP contribution is -2.33. The molecular weight excluding hydrogens is 304 g/mol. The Labute approximate surface area is 119 Å². The van der Waals surface area contributed by atoms with E-state index < -0.39 is 25.6 Å². The van der Waals surface area contributed by atoms with Gasteiger partial charge in [0.05, 0.1) is 15.4 Å². The summed E-state index contributed by atoms with van der Waals surface area (Å²) in [5.41, 5.74) is -0.678. The van der Waals surface area contributed by atoms with Crippen molar-refractivity contribution in [2.45, 2.75) is 36.2 Å². The Hall–Kier alpha value is -1.00. The Bertz CT molecular complexity index is 658. The van der Waals surface area contributed by atoms with Crippen molar-refractivity contribution in [1.29, 1.82) is 0 Å². The van der Waals surface area contributed by atoms with Crippen LogP contribution in [0.3, 0.4) is 0 Å². The van der Waals surface area contributed by atoms with E-state index in [4.69, 9.17) is 4.84 Å². The summed E-state index contributed by atoms with van der Waals surface area (Å²) in [4.78, 5) is 6.89. The number of hydrogen-bond acceptors (Lipinski definition) is 5. The first-order valence-electron chi connectivity index (χ1n) is 5.71. The summed E-state index contributed by atoms with van der Waals surface area (Å²) in [5.74, 6) is 0. The molecule has 20 heavy (non-hydrogen) atoms.